The van der Waals surface area contributed by atoms with Crippen LogP contribution in [0.25, 0.3) is 71.0 Å². The van der Waals surface area contributed by atoms with Crippen LogP contribution < -0.4 is 0 Å². The van der Waals surface area contributed by atoms with Crippen molar-refractivity contribution in [2.24, 2.45) is 0 Å². The van der Waals surface area contributed by atoms with E-state index in [0.717, 1.165) is 38.7 Å². The summed E-state index contributed by atoms with van der Waals surface area (Å²) in [7, 11) is 0. The van der Waals surface area contributed by atoms with Gasteiger partial charge in [0.05, 0.1) is 46.0 Å². The second-order valence-electron chi connectivity index (χ2n) is 10.4. The van der Waals surface area contributed by atoms with Crippen LogP contribution in [0.3, 0.4) is 0 Å². The average Bonchev–Trinajstić information content (AvgIpc) is 3.57. The fourth-order valence-electron chi connectivity index (χ4n) is 6.39. The molecule has 0 atom stereocenters. The molecule has 0 fully saturated rings. The number of aromatic nitrogens is 2. The van der Waals surface area contributed by atoms with Gasteiger partial charge in [-0.3, -0.25) is 0 Å². The maximum atomic E-state index is 9.98. The van der Waals surface area contributed by atoms with E-state index < -0.39 is 0 Å². The van der Waals surface area contributed by atoms with Gasteiger partial charge in [-0.15, -0.1) is 0 Å². The Morgan fingerprint density at radius 2 is 1.26 bits per heavy atom. The summed E-state index contributed by atoms with van der Waals surface area (Å²) in [5.41, 5.74) is 9.55. The molecule has 0 radical (unpaired) electrons. The van der Waals surface area contributed by atoms with E-state index in [1.807, 2.05) is 18.2 Å². The Morgan fingerprint density at radius 1 is 0.571 bits per heavy atom. The summed E-state index contributed by atoms with van der Waals surface area (Å²) >= 11 is 0. The van der Waals surface area contributed by atoms with Gasteiger partial charge in [0.1, 0.15) is 0 Å². The highest BCUT2D eigenvalue weighted by Gasteiger charge is 2.19. The summed E-state index contributed by atoms with van der Waals surface area (Å²) in [4.78, 5) is 3.53. The lowest BCUT2D eigenvalue weighted by molar-refractivity contribution is 1.17. The Labute approximate surface area is 242 Å². The first-order chi connectivity index (χ1) is 20.8. The number of para-hydroxylation sites is 3. The van der Waals surface area contributed by atoms with E-state index in [1.54, 1.807) is 12.1 Å². The lowest BCUT2D eigenvalue weighted by Gasteiger charge is -2.11. The Morgan fingerprint density at radius 3 is 2.05 bits per heavy atom. The first-order valence-corrected chi connectivity index (χ1v) is 13.8. The van der Waals surface area contributed by atoms with E-state index in [0.29, 0.717) is 11.3 Å². The van der Waals surface area contributed by atoms with Crippen LogP contribution in [0.4, 0.5) is 5.69 Å². The van der Waals surface area contributed by atoms with E-state index >= 15 is 0 Å². The van der Waals surface area contributed by atoms with Gasteiger partial charge in [0.15, 0.2) is 5.69 Å². The second-order valence-corrected chi connectivity index (χ2v) is 10.4. The number of nitrogens with zero attached hydrogens (tertiary/aromatic N) is 4. The van der Waals surface area contributed by atoms with Gasteiger partial charge in [-0.1, -0.05) is 78.9 Å². The van der Waals surface area contributed by atoms with Gasteiger partial charge in [-0.2, -0.15) is 5.26 Å². The highest BCUT2D eigenvalue weighted by atomic mass is 15.0. The standard InChI is InChI=1S/C38H22N4/c1-40-27-19-21-33(26(22-27)24-39)42-34-15-7-5-12-30(34)32-23-25(18-20-36(32)42)29-14-9-17-37-38(29)31-13-6-8-16-35(31)41(37)28-10-3-2-4-11-28/h2-23H. The van der Waals surface area contributed by atoms with Crippen LogP contribution in [-0.4, -0.2) is 9.13 Å². The third kappa shape index (κ3) is 3.40. The molecule has 0 N–H and O–H groups in total. The van der Waals surface area contributed by atoms with Crippen molar-refractivity contribution in [1.82, 2.24) is 9.13 Å². The minimum absolute atomic E-state index is 0.459. The highest BCUT2D eigenvalue weighted by molar-refractivity contribution is 6.17. The monoisotopic (exact) mass is 534 g/mol. The molecular weight excluding hydrogens is 512 g/mol. The molecule has 4 heteroatoms. The Kier molecular flexibility index (Phi) is 5.22. The van der Waals surface area contributed by atoms with E-state index in [2.05, 4.69) is 123 Å². The number of hydrogen-bond donors (Lipinski definition) is 0. The van der Waals surface area contributed by atoms with Crippen molar-refractivity contribution in [2.45, 2.75) is 0 Å². The number of nitriles is 1. The topological polar surface area (TPSA) is 38.0 Å². The molecule has 0 aliphatic carbocycles. The molecule has 42 heavy (non-hydrogen) atoms. The van der Waals surface area contributed by atoms with Crippen molar-refractivity contribution >= 4 is 49.3 Å². The van der Waals surface area contributed by atoms with Crippen molar-refractivity contribution < 1.29 is 0 Å². The zero-order valence-electron chi connectivity index (χ0n) is 22.5. The van der Waals surface area contributed by atoms with Crippen molar-refractivity contribution in [3.05, 3.63) is 150 Å². The van der Waals surface area contributed by atoms with Crippen LogP contribution in [0, 0.1) is 17.9 Å². The second kappa shape index (κ2) is 9.24. The molecule has 2 aromatic heterocycles. The summed E-state index contributed by atoms with van der Waals surface area (Å²) in [6, 6.07) is 48.2. The third-order valence-electron chi connectivity index (χ3n) is 8.17. The first kappa shape index (κ1) is 23.8. The third-order valence-corrected chi connectivity index (χ3v) is 8.17. The zero-order chi connectivity index (χ0) is 28.2. The van der Waals surface area contributed by atoms with Crippen LogP contribution in [0.2, 0.25) is 0 Å². The average molecular weight is 535 g/mol. The van der Waals surface area contributed by atoms with Gasteiger partial charge in [-0.05, 0) is 65.7 Å². The van der Waals surface area contributed by atoms with Crippen molar-refractivity contribution in [3.63, 3.8) is 0 Å². The van der Waals surface area contributed by atoms with Crippen LogP contribution in [0.15, 0.2) is 133 Å². The lowest BCUT2D eigenvalue weighted by atomic mass is 9.98. The molecular formula is C38H22N4. The first-order valence-electron chi connectivity index (χ1n) is 13.8. The van der Waals surface area contributed by atoms with Gasteiger partial charge in [0, 0.05) is 27.2 Å². The summed E-state index contributed by atoms with van der Waals surface area (Å²) < 4.78 is 4.48. The predicted octanol–water partition coefficient (Wildman–Crippen LogP) is 9.97. The van der Waals surface area contributed by atoms with Crippen LogP contribution in [0.5, 0.6) is 0 Å². The zero-order valence-corrected chi connectivity index (χ0v) is 22.5. The highest BCUT2D eigenvalue weighted by Crippen LogP contribution is 2.41. The normalized spacial score (nSPS) is 11.3. The largest absolute Gasteiger partial charge is 0.309 e. The van der Waals surface area contributed by atoms with Crippen LogP contribution in [0.1, 0.15) is 5.56 Å². The van der Waals surface area contributed by atoms with E-state index in [4.69, 9.17) is 6.57 Å². The predicted molar refractivity (Wildman–Crippen MR) is 172 cm³/mol. The summed E-state index contributed by atoms with van der Waals surface area (Å²) in [6.07, 6.45) is 0. The van der Waals surface area contributed by atoms with Gasteiger partial charge in [-0.25, -0.2) is 4.85 Å². The molecule has 0 bridgehead atoms. The van der Waals surface area contributed by atoms with E-state index in [9.17, 15) is 5.26 Å². The quantitative estimate of drug-likeness (QED) is 0.208. The number of hydrogen-bond acceptors (Lipinski definition) is 1. The number of fused-ring (bicyclic) bond motifs is 6. The summed E-state index contributed by atoms with van der Waals surface area (Å²) in [5.74, 6) is 0. The molecule has 0 unspecified atom stereocenters. The molecule has 0 aliphatic heterocycles. The molecule has 0 spiro atoms. The van der Waals surface area contributed by atoms with Crippen LogP contribution >= 0.6 is 0 Å². The Bertz CT molecular complexity index is 2430. The van der Waals surface area contributed by atoms with Gasteiger partial charge in [0.2, 0.25) is 0 Å². The molecule has 6 aromatic carbocycles. The minimum Gasteiger partial charge on any atom is -0.309 e. The minimum atomic E-state index is 0.459. The molecule has 2 heterocycles. The fourth-order valence-corrected chi connectivity index (χ4v) is 6.39. The number of benzene rings is 6. The van der Waals surface area contributed by atoms with Crippen molar-refractivity contribution in [1.29, 1.82) is 5.26 Å². The van der Waals surface area contributed by atoms with Gasteiger partial charge >= 0.3 is 0 Å². The Balaban J connectivity index is 1.42. The molecule has 8 rings (SSSR count). The Hall–Kier alpha value is -6.10. The van der Waals surface area contributed by atoms with Gasteiger partial charge in [0.25, 0.3) is 0 Å². The molecule has 0 amide bonds. The molecule has 194 valence electrons. The maximum Gasteiger partial charge on any atom is 0.188 e. The summed E-state index contributed by atoms with van der Waals surface area (Å²) in [5, 5.41) is 14.6. The molecule has 4 nitrogen and oxygen atoms in total. The lowest BCUT2D eigenvalue weighted by Crippen LogP contribution is -1.97. The van der Waals surface area contributed by atoms with Gasteiger partial charge < -0.3 is 9.13 Å². The maximum absolute atomic E-state index is 9.98. The molecule has 0 saturated heterocycles. The molecule has 8 aromatic rings. The van der Waals surface area contributed by atoms with E-state index in [-0.39, 0.29) is 0 Å². The molecule has 0 aliphatic rings. The van der Waals surface area contributed by atoms with Crippen molar-refractivity contribution in [2.75, 3.05) is 0 Å². The van der Waals surface area contributed by atoms with E-state index in [1.165, 1.54) is 27.4 Å². The van der Waals surface area contributed by atoms with Crippen LogP contribution in [-0.2, 0) is 0 Å². The smallest absolute Gasteiger partial charge is 0.188 e. The SMILES string of the molecule is [C-]#[N+]c1ccc(-n2c3ccccc3c3cc(-c4cccc5c4c4ccccc4n5-c4ccccc4)ccc32)c(C#N)c1. The fraction of sp³-hybridized carbons (Fsp3) is 0. The van der Waals surface area contributed by atoms with Crippen molar-refractivity contribution in [3.8, 4) is 28.6 Å². The summed E-state index contributed by atoms with van der Waals surface area (Å²) in [6.45, 7) is 7.39. The number of rotatable bonds is 3. The molecule has 0 saturated carbocycles.